The van der Waals surface area contributed by atoms with E-state index in [1.54, 1.807) is 7.11 Å². The molecule has 0 saturated heterocycles. The Balaban J connectivity index is 2.16. The van der Waals surface area contributed by atoms with Gasteiger partial charge in [0.15, 0.2) is 0 Å². The molecule has 0 aliphatic rings. The first-order valence-electron chi connectivity index (χ1n) is 5.12. The predicted octanol–water partition coefficient (Wildman–Crippen LogP) is 2.90. The van der Waals surface area contributed by atoms with E-state index in [-0.39, 0.29) is 0 Å². The Morgan fingerprint density at radius 2 is 1.87 bits per heavy atom. The Hall–Kier alpha value is -1.54. The standard InChI is InChI=1S/C13H15NO/c1-15-9-8-14-13-7-6-11-4-2-3-5-12(11)10-13/h2-7,10,14H,8-9H2,1H3. The molecule has 0 saturated carbocycles. The summed E-state index contributed by atoms with van der Waals surface area (Å²) in [6, 6.07) is 14.7. The highest BCUT2D eigenvalue weighted by Gasteiger charge is 1.94. The summed E-state index contributed by atoms with van der Waals surface area (Å²) in [5.41, 5.74) is 1.14. The average molecular weight is 201 g/mol. The summed E-state index contributed by atoms with van der Waals surface area (Å²) in [5, 5.41) is 5.85. The fourth-order valence-electron chi connectivity index (χ4n) is 1.60. The second-order valence-corrected chi connectivity index (χ2v) is 3.48. The van der Waals surface area contributed by atoms with E-state index < -0.39 is 0 Å². The highest BCUT2D eigenvalue weighted by molar-refractivity contribution is 5.85. The lowest BCUT2D eigenvalue weighted by atomic mass is 10.1. The quantitative estimate of drug-likeness (QED) is 0.768. The van der Waals surface area contributed by atoms with Crippen molar-refractivity contribution in [2.45, 2.75) is 0 Å². The Labute approximate surface area is 89.9 Å². The third-order valence-corrected chi connectivity index (χ3v) is 2.38. The summed E-state index contributed by atoms with van der Waals surface area (Å²) in [6.45, 7) is 1.57. The lowest BCUT2D eigenvalue weighted by molar-refractivity contribution is 0.211. The van der Waals surface area contributed by atoms with Crippen molar-refractivity contribution < 1.29 is 4.74 Å². The molecule has 2 nitrogen and oxygen atoms in total. The zero-order chi connectivity index (χ0) is 10.5. The van der Waals surface area contributed by atoms with Crippen molar-refractivity contribution in [1.29, 1.82) is 0 Å². The molecule has 0 bridgehead atoms. The summed E-state index contributed by atoms with van der Waals surface area (Å²) in [6.07, 6.45) is 0. The smallest absolute Gasteiger partial charge is 0.0635 e. The first kappa shape index (κ1) is 9.99. The first-order chi connectivity index (χ1) is 7.40. The van der Waals surface area contributed by atoms with E-state index in [4.69, 9.17) is 4.74 Å². The normalized spacial score (nSPS) is 10.5. The molecular formula is C13H15NO. The molecule has 2 aromatic rings. The van der Waals surface area contributed by atoms with Crippen LogP contribution in [0.1, 0.15) is 0 Å². The fraction of sp³-hybridized carbons (Fsp3) is 0.231. The topological polar surface area (TPSA) is 21.3 Å². The molecule has 2 rings (SSSR count). The molecule has 78 valence electrons. The number of hydrogen-bond acceptors (Lipinski definition) is 2. The molecule has 0 atom stereocenters. The number of methoxy groups -OCH3 is 1. The number of fused-ring (bicyclic) bond motifs is 1. The maximum absolute atomic E-state index is 4.99. The van der Waals surface area contributed by atoms with E-state index in [9.17, 15) is 0 Å². The summed E-state index contributed by atoms with van der Waals surface area (Å²) < 4.78 is 4.99. The molecule has 0 fully saturated rings. The van der Waals surface area contributed by atoms with Gasteiger partial charge < -0.3 is 10.1 Å². The molecule has 0 radical (unpaired) electrons. The van der Waals surface area contributed by atoms with Crippen LogP contribution in [0.2, 0.25) is 0 Å². The lowest BCUT2D eigenvalue weighted by Crippen LogP contribution is -2.07. The van der Waals surface area contributed by atoms with Gasteiger partial charge in [0.25, 0.3) is 0 Å². The Morgan fingerprint density at radius 3 is 2.67 bits per heavy atom. The minimum Gasteiger partial charge on any atom is -0.383 e. The molecule has 2 heteroatoms. The number of ether oxygens (including phenoxy) is 1. The van der Waals surface area contributed by atoms with Gasteiger partial charge in [0.1, 0.15) is 0 Å². The molecule has 0 aromatic heterocycles. The van der Waals surface area contributed by atoms with Gasteiger partial charge in [-0.1, -0.05) is 30.3 Å². The monoisotopic (exact) mass is 201 g/mol. The second-order valence-electron chi connectivity index (χ2n) is 3.48. The Bertz CT molecular complexity index is 439. The third-order valence-electron chi connectivity index (χ3n) is 2.38. The molecule has 2 aromatic carbocycles. The van der Waals surface area contributed by atoms with Gasteiger partial charge in [-0.25, -0.2) is 0 Å². The molecule has 0 amide bonds. The summed E-state index contributed by atoms with van der Waals surface area (Å²) in [7, 11) is 1.71. The summed E-state index contributed by atoms with van der Waals surface area (Å²) >= 11 is 0. The van der Waals surface area contributed by atoms with Gasteiger partial charge in [0.05, 0.1) is 6.61 Å². The van der Waals surface area contributed by atoms with Crippen molar-refractivity contribution in [3.05, 3.63) is 42.5 Å². The molecule has 0 spiro atoms. The van der Waals surface area contributed by atoms with Crippen LogP contribution in [0, 0.1) is 0 Å². The summed E-state index contributed by atoms with van der Waals surface area (Å²) in [4.78, 5) is 0. The van der Waals surface area contributed by atoms with Crippen LogP contribution in [0.3, 0.4) is 0 Å². The van der Waals surface area contributed by atoms with Crippen LogP contribution in [-0.4, -0.2) is 20.3 Å². The highest BCUT2D eigenvalue weighted by Crippen LogP contribution is 2.18. The Kier molecular flexibility index (Phi) is 3.20. The minimum atomic E-state index is 0.729. The van der Waals surface area contributed by atoms with Gasteiger partial charge in [-0.05, 0) is 22.9 Å². The Morgan fingerprint density at radius 1 is 1.07 bits per heavy atom. The van der Waals surface area contributed by atoms with E-state index >= 15 is 0 Å². The second kappa shape index (κ2) is 4.80. The molecule has 0 unspecified atom stereocenters. The molecular weight excluding hydrogens is 186 g/mol. The van der Waals surface area contributed by atoms with Crippen LogP contribution >= 0.6 is 0 Å². The van der Waals surface area contributed by atoms with Crippen LogP contribution in [0.25, 0.3) is 10.8 Å². The number of rotatable bonds is 4. The van der Waals surface area contributed by atoms with Crippen molar-refractivity contribution in [1.82, 2.24) is 0 Å². The predicted molar refractivity (Wildman–Crippen MR) is 64.3 cm³/mol. The van der Waals surface area contributed by atoms with Crippen LogP contribution in [0.15, 0.2) is 42.5 Å². The van der Waals surface area contributed by atoms with E-state index in [2.05, 4.69) is 47.8 Å². The van der Waals surface area contributed by atoms with Crippen molar-refractivity contribution in [2.75, 3.05) is 25.6 Å². The van der Waals surface area contributed by atoms with Crippen molar-refractivity contribution >= 4 is 16.5 Å². The zero-order valence-corrected chi connectivity index (χ0v) is 8.86. The molecule has 0 heterocycles. The maximum atomic E-state index is 4.99. The van der Waals surface area contributed by atoms with Gasteiger partial charge in [0.2, 0.25) is 0 Å². The fourth-order valence-corrected chi connectivity index (χ4v) is 1.60. The van der Waals surface area contributed by atoms with E-state index in [1.165, 1.54) is 10.8 Å². The SMILES string of the molecule is COCCNc1ccc2ccccc2c1. The average Bonchev–Trinajstić information content (AvgIpc) is 2.29. The molecule has 1 N–H and O–H groups in total. The van der Waals surface area contributed by atoms with Crippen LogP contribution < -0.4 is 5.32 Å². The van der Waals surface area contributed by atoms with Gasteiger partial charge in [0, 0.05) is 19.3 Å². The maximum Gasteiger partial charge on any atom is 0.0635 e. The number of nitrogens with one attached hydrogen (secondary N) is 1. The molecule has 0 aliphatic carbocycles. The van der Waals surface area contributed by atoms with Crippen LogP contribution in [-0.2, 0) is 4.74 Å². The van der Waals surface area contributed by atoms with Gasteiger partial charge in [-0.15, -0.1) is 0 Å². The van der Waals surface area contributed by atoms with Gasteiger partial charge in [-0.3, -0.25) is 0 Å². The largest absolute Gasteiger partial charge is 0.383 e. The van der Waals surface area contributed by atoms with E-state index in [1.807, 2.05) is 0 Å². The summed E-state index contributed by atoms with van der Waals surface area (Å²) in [5.74, 6) is 0. The zero-order valence-electron chi connectivity index (χ0n) is 8.86. The number of hydrogen-bond donors (Lipinski definition) is 1. The van der Waals surface area contributed by atoms with Crippen molar-refractivity contribution in [3.8, 4) is 0 Å². The highest BCUT2D eigenvalue weighted by atomic mass is 16.5. The van der Waals surface area contributed by atoms with Gasteiger partial charge >= 0.3 is 0 Å². The molecule has 0 aliphatic heterocycles. The van der Waals surface area contributed by atoms with Gasteiger partial charge in [-0.2, -0.15) is 0 Å². The van der Waals surface area contributed by atoms with Crippen molar-refractivity contribution in [2.24, 2.45) is 0 Å². The van der Waals surface area contributed by atoms with Crippen LogP contribution in [0.4, 0.5) is 5.69 Å². The lowest BCUT2D eigenvalue weighted by Gasteiger charge is -2.06. The number of benzene rings is 2. The van der Waals surface area contributed by atoms with E-state index in [0.717, 1.165) is 18.8 Å². The first-order valence-corrected chi connectivity index (χ1v) is 5.12. The number of anilines is 1. The van der Waals surface area contributed by atoms with Crippen molar-refractivity contribution in [3.63, 3.8) is 0 Å². The molecule has 15 heavy (non-hydrogen) atoms. The van der Waals surface area contributed by atoms with E-state index in [0.29, 0.717) is 0 Å². The minimum absolute atomic E-state index is 0.729. The third kappa shape index (κ3) is 2.48. The van der Waals surface area contributed by atoms with Crippen LogP contribution in [0.5, 0.6) is 0 Å².